The van der Waals surface area contributed by atoms with Crippen molar-refractivity contribution in [2.45, 2.75) is 18.6 Å². The summed E-state index contributed by atoms with van der Waals surface area (Å²) in [4.78, 5) is 16.7. The van der Waals surface area contributed by atoms with E-state index in [9.17, 15) is 9.90 Å². The van der Waals surface area contributed by atoms with Crippen molar-refractivity contribution in [3.05, 3.63) is 78.4 Å². The molecule has 2 unspecified atom stereocenters. The van der Waals surface area contributed by atoms with E-state index >= 15 is 0 Å². The summed E-state index contributed by atoms with van der Waals surface area (Å²) in [5, 5.41) is 12.7. The number of β-amino-alcohol motifs (C(OH)–C–C–N with tert-alkyl or cyclic N) is 1. The summed E-state index contributed by atoms with van der Waals surface area (Å²) in [7, 11) is 2.08. The van der Waals surface area contributed by atoms with Gasteiger partial charge in [-0.05, 0) is 36.2 Å². The first-order valence-corrected chi connectivity index (χ1v) is 9.76. The molecule has 5 nitrogen and oxygen atoms in total. The van der Waals surface area contributed by atoms with Crippen LogP contribution in [0.2, 0.25) is 0 Å². The number of amides is 1. The molecule has 28 heavy (non-hydrogen) atoms. The highest BCUT2D eigenvalue weighted by Gasteiger charge is 2.26. The molecule has 1 fully saturated rings. The first-order valence-electron chi connectivity index (χ1n) is 9.76. The molecule has 0 aromatic heterocycles. The minimum Gasteiger partial charge on any atom is -0.392 e. The van der Waals surface area contributed by atoms with Crippen LogP contribution in [0, 0.1) is 0 Å². The molecule has 0 radical (unpaired) electrons. The molecule has 5 heteroatoms. The predicted octanol–water partition coefficient (Wildman–Crippen LogP) is 2.85. The SMILES string of the molecule is C=CCNC(=O)c1ccc(N(C)C(CN2CCC(O)C2)c2ccccc2)cc1. The van der Waals surface area contributed by atoms with Crippen molar-refractivity contribution in [3.8, 4) is 0 Å². The Kier molecular flexibility index (Phi) is 6.85. The smallest absolute Gasteiger partial charge is 0.251 e. The molecule has 0 saturated carbocycles. The number of carbonyl (C=O) groups excluding carboxylic acids is 1. The zero-order valence-corrected chi connectivity index (χ0v) is 16.4. The van der Waals surface area contributed by atoms with Crippen LogP contribution in [0.5, 0.6) is 0 Å². The van der Waals surface area contributed by atoms with E-state index in [0.717, 1.165) is 31.7 Å². The second-order valence-electron chi connectivity index (χ2n) is 7.29. The van der Waals surface area contributed by atoms with E-state index in [2.05, 4.69) is 53.0 Å². The van der Waals surface area contributed by atoms with Gasteiger partial charge in [0.15, 0.2) is 0 Å². The Bertz CT molecular complexity index is 776. The van der Waals surface area contributed by atoms with Gasteiger partial charge in [-0.15, -0.1) is 6.58 Å². The highest BCUT2D eigenvalue weighted by Crippen LogP contribution is 2.28. The lowest BCUT2D eigenvalue weighted by molar-refractivity contribution is 0.0958. The third-order valence-electron chi connectivity index (χ3n) is 5.27. The quantitative estimate of drug-likeness (QED) is 0.693. The molecule has 2 aromatic carbocycles. The topological polar surface area (TPSA) is 55.8 Å². The van der Waals surface area contributed by atoms with E-state index in [1.54, 1.807) is 6.08 Å². The van der Waals surface area contributed by atoms with Crippen molar-refractivity contribution in [3.63, 3.8) is 0 Å². The second kappa shape index (κ2) is 9.53. The Morgan fingerprint density at radius 1 is 1.29 bits per heavy atom. The van der Waals surface area contributed by atoms with E-state index in [1.807, 2.05) is 30.3 Å². The average molecular weight is 380 g/mol. The van der Waals surface area contributed by atoms with Gasteiger partial charge in [0, 0.05) is 44.5 Å². The molecule has 2 N–H and O–H groups in total. The standard InChI is InChI=1S/C23H29N3O2/c1-3-14-24-23(28)19-9-11-20(12-10-19)25(2)22(18-7-5-4-6-8-18)17-26-15-13-21(27)16-26/h3-12,21-22,27H,1,13-17H2,2H3,(H,24,28). The molecule has 0 spiro atoms. The number of likely N-dealkylation sites (N-methyl/N-ethyl adjacent to an activating group) is 1. The summed E-state index contributed by atoms with van der Waals surface area (Å²) in [6, 6.07) is 18.3. The van der Waals surface area contributed by atoms with Crippen LogP contribution in [0.25, 0.3) is 0 Å². The number of aliphatic hydroxyl groups is 1. The number of hydrogen-bond donors (Lipinski definition) is 2. The van der Waals surface area contributed by atoms with Gasteiger partial charge in [-0.1, -0.05) is 36.4 Å². The van der Waals surface area contributed by atoms with Gasteiger partial charge in [0.1, 0.15) is 0 Å². The molecule has 148 valence electrons. The Labute approximate surface area is 167 Å². The highest BCUT2D eigenvalue weighted by molar-refractivity contribution is 5.94. The molecule has 3 rings (SSSR count). The molecule has 0 aliphatic carbocycles. The van der Waals surface area contributed by atoms with Crippen LogP contribution >= 0.6 is 0 Å². The first kappa shape index (κ1) is 20.1. The maximum Gasteiger partial charge on any atom is 0.251 e. The summed E-state index contributed by atoms with van der Waals surface area (Å²) in [6.45, 7) is 6.56. The summed E-state index contributed by atoms with van der Waals surface area (Å²) in [6.07, 6.45) is 2.27. The van der Waals surface area contributed by atoms with Crippen LogP contribution in [0.1, 0.15) is 28.4 Å². The van der Waals surface area contributed by atoms with E-state index in [-0.39, 0.29) is 18.1 Å². The van der Waals surface area contributed by atoms with Crippen molar-refractivity contribution in [2.75, 3.05) is 38.1 Å². The largest absolute Gasteiger partial charge is 0.392 e. The molecule has 2 atom stereocenters. The Hall–Kier alpha value is -2.63. The molecule has 0 bridgehead atoms. The number of nitrogens with zero attached hydrogens (tertiary/aromatic N) is 2. The number of likely N-dealkylation sites (tertiary alicyclic amines) is 1. The average Bonchev–Trinajstić information content (AvgIpc) is 3.15. The van der Waals surface area contributed by atoms with E-state index < -0.39 is 0 Å². The fourth-order valence-electron chi connectivity index (χ4n) is 3.64. The molecule has 1 amide bonds. The molecular formula is C23H29N3O2. The third kappa shape index (κ3) is 5.00. The lowest BCUT2D eigenvalue weighted by Crippen LogP contribution is -2.36. The van der Waals surface area contributed by atoms with Crippen LogP contribution < -0.4 is 10.2 Å². The number of rotatable bonds is 8. The zero-order valence-electron chi connectivity index (χ0n) is 16.4. The van der Waals surface area contributed by atoms with Crippen LogP contribution in [-0.2, 0) is 0 Å². The van der Waals surface area contributed by atoms with E-state index in [0.29, 0.717) is 12.1 Å². The van der Waals surface area contributed by atoms with Crippen LogP contribution in [0.4, 0.5) is 5.69 Å². The van der Waals surface area contributed by atoms with Crippen molar-refractivity contribution in [1.82, 2.24) is 10.2 Å². The summed E-state index contributed by atoms with van der Waals surface area (Å²) < 4.78 is 0. The number of nitrogens with one attached hydrogen (secondary N) is 1. The Balaban J connectivity index is 1.77. The third-order valence-corrected chi connectivity index (χ3v) is 5.27. The van der Waals surface area contributed by atoms with E-state index in [1.165, 1.54) is 5.56 Å². The van der Waals surface area contributed by atoms with Gasteiger partial charge >= 0.3 is 0 Å². The molecule has 1 heterocycles. The molecule has 1 aliphatic heterocycles. The van der Waals surface area contributed by atoms with Gasteiger partial charge in [-0.25, -0.2) is 0 Å². The number of carbonyl (C=O) groups is 1. The lowest BCUT2D eigenvalue weighted by Gasteiger charge is -2.33. The minimum atomic E-state index is -0.227. The lowest BCUT2D eigenvalue weighted by atomic mass is 10.0. The monoisotopic (exact) mass is 379 g/mol. The maximum absolute atomic E-state index is 12.1. The molecular weight excluding hydrogens is 350 g/mol. The van der Waals surface area contributed by atoms with E-state index in [4.69, 9.17) is 0 Å². The van der Waals surface area contributed by atoms with Gasteiger partial charge in [-0.3, -0.25) is 9.69 Å². The normalized spacial score (nSPS) is 17.9. The fourth-order valence-corrected chi connectivity index (χ4v) is 3.64. The van der Waals surface area contributed by atoms with Crippen molar-refractivity contribution >= 4 is 11.6 Å². The van der Waals surface area contributed by atoms with Crippen molar-refractivity contribution in [1.29, 1.82) is 0 Å². The Morgan fingerprint density at radius 2 is 2.00 bits per heavy atom. The molecule has 2 aromatic rings. The maximum atomic E-state index is 12.1. The van der Waals surface area contributed by atoms with Gasteiger partial charge in [-0.2, -0.15) is 0 Å². The zero-order chi connectivity index (χ0) is 19.9. The summed E-state index contributed by atoms with van der Waals surface area (Å²) in [5.41, 5.74) is 2.92. The predicted molar refractivity (Wildman–Crippen MR) is 114 cm³/mol. The number of benzene rings is 2. The number of anilines is 1. The van der Waals surface area contributed by atoms with Gasteiger partial charge in [0.25, 0.3) is 5.91 Å². The van der Waals surface area contributed by atoms with Crippen LogP contribution in [0.15, 0.2) is 67.3 Å². The number of aliphatic hydroxyl groups excluding tert-OH is 1. The van der Waals surface area contributed by atoms with Crippen molar-refractivity contribution < 1.29 is 9.90 Å². The van der Waals surface area contributed by atoms with Crippen LogP contribution in [-0.4, -0.2) is 55.2 Å². The minimum absolute atomic E-state index is 0.0974. The number of hydrogen-bond acceptors (Lipinski definition) is 4. The highest BCUT2D eigenvalue weighted by atomic mass is 16.3. The Morgan fingerprint density at radius 3 is 2.61 bits per heavy atom. The van der Waals surface area contributed by atoms with Gasteiger partial charge in [0.05, 0.1) is 12.1 Å². The first-order chi connectivity index (χ1) is 13.6. The summed E-state index contributed by atoms with van der Waals surface area (Å²) in [5.74, 6) is -0.0974. The second-order valence-corrected chi connectivity index (χ2v) is 7.29. The molecule has 1 saturated heterocycles. The van der Waals surface area contributed by atoms with Gasteiger partial charge in [0.2, 0.25) is 0 Å². The van der Waals surface area contributed by atoms with Gasteiger partial charge < -0.3 is 15.3 Å². The molecule has 1 aliphatic rings. The van der Waals surface area contributed by atoms with Crippen molar-refractivity contribution in [2.24, 2.45) is 0 Å². The van der Waals surface area contributed by atoms with Crippen LogP contribution in [0.3, 0.4) is 0 Å². The summed E-state index contributed by atoms with van der Waals surface area (Å²) >= 11 is 0. The fraction of sp³-hybridized carbons (Fsp3) is 0.348.